The molecule has 0 spiro atoms. The lowest BCUT2D eigenvalue weighted by Gasteiger charge is -1.95. The molecule has 2 aromatic rings. The maximum absolute atomic E-state index is 8.71. The van der Waals surface area contributed by atoms with E-state index < -0.39 is 0 Å². The van der Waals surface area contributed by atoms with Gasteiger partial charge in [-0.3, -0.25) is 4.68 Å². The summed E-state index contributed by atoms with van der Waals surface area (Å²) in [5.74, 6) is 0. The smallest absolute Gasteiger partial charge is 0.116 e. The van der Waals surface area contributed by atoms with Gasteiger partial charge in [-0.2, -0.15) is 5.10 Å². The maximum Gasteiger partial charge on any atom is 0.116 e. The van der Waals surface area contributed by atoms with E-state index in [1.165, 1.54) is 6.33 Å². The third kappa shape index (κ3) is 1.77. The largest absolute Gasteiger partial charge is 0.394 e. The minimum absolute atomic E-state index is 0.0882. The van der Waals surface area contributed by atoms with Gasteiger partial charge in [0.15, 0.2) is 0 Å². The van der Waals surface area contributed by atoms with E-state index in [0.717, 1.165) is 11.3 Å². The molecular formula is C9H10N4O. The number of aliphatic hydroxyl groups excluding tert-OH is 1. The molecule has 0 radical (unpaired) electrons. The fraction of sp³-hybridized carbons (Fsp3) is 0.222. The summed E-state index contributed by atoms with van der Waals surface area (Å²) in [6, 6.07) is 1.82. The molecule has 14 heavy (non-hydrogen) atoms. The highest BCUT2D eigenvalue weighted by Gasteiger charge is 2.01. The molecule has 5 nitrogen and oxygen atoms in total. The minimum atomic E-state index is 0.0882. The molecular weight excluding hydrogens is 180 g/mol. The van der Waals surface area contributed by atoms with Crippen molar-refractivity contribution in [3.63, 3.8) is 0 Å². The van der Waals surface area contributed by atoms with Crippen molar-refractivity contribution in [3.05, 3.63) is 31.0 Å². The van der Waals surface area contributed by atoms with E-state index in [9.17, 15) is 0 Å². The van der Waals surface area contributed by atoms with Crippen LogP contribution in [0.15, 0.2) is 31.0 Å². The molecule has 72 valence electrons. The van der Waals surface area contributed by atoms with Crippen LogP contribution in [0.25, 0.3) is 11.3 Å². The zero-order valence-electron chi connectivity index (χ0n) is 7.54. The van der Waals surface area contributed by atoms with Gasteiger partial charge in [0, 0.05) is 18.0 Å². The van der Waals surface area contributed by atoms with Gasteiger partial charge in [-0.1, -0.05) is 0 Å². The number of hydrogen-bond acceptors (Lipinski definition) is 4. The first-order chi connectivity index (χ1) is 6.90. The lowest BCUT2D eigenvalue weighted by Crippen LogP contribution is -2.01. The van der Waals surface area contributed by atoms with Crippen LogP contribution in [-0.2, 0) is 6.54 Å². The summed E-state index contributed by atoms with van der Waals surface area (Å²) < 4.78 is 1.68. The number of aromatic nitrogens is 4. The lowest BCUT2D eigenvalue weighted by atomic mass is 10.2. The molecule has 0 unspecified atom stereocenters. The second kappa shape index (κ2) is 3.97. The first-order valence-electron chi connectivity index (χ1n) is 4.30. The van der Waals surface area contributed by atoms with E-state index >= 15 is 0 Å². The standard InChI is InChI=1S/C9H10N4O/c14-4-3-13-6-8(5-12-13)9-1-2-10-7-11-9/h1-2,5-7,14H,3-4H2. The fourth-order valence-electron chi connectivity index (χ4n) is 1.18. The van der Waals surface area contributed by atoms with Gasteiger partial charge in [-0.25, -0.2) is 9.97 Å². The zero-order chi connectivity index (χ0) is 9.80. The zero-order valence-corrected chi connectivity index (χ0v) is 7.54. The van der Waals surface area contributed by atoms with E-state index in [0.29, 0.717) is 6.54 Å². The van der Waals surface area contributed by atoms with Crippen LogP contribution in [-0.4, -0.2) is 31.5 Å². The van der Waals surface area contributed by atoms with Crippen molar-refractivity contribution in [2.45, 2.75) is 6.54 Å². The van der Waals surface area contributed by atoms with Crippen LogP contribution in [0.2, 0.25) is 0 Å². The SMILES string of the molecule is OCCn1cc(-c2ccncn2)cn1. The Morgan fingerprint density at radius 3 is 3.07 bits per heavy atom. The quantitative estimate of drug-likeness (QED) is 0.757. The topological polar surface area (TPSA) is 63.8 Å². The Kier molecular flexibility index (Phi) is 2.51. The Labute approximate surface area is 81.1 Å². The first kappa shape index (κ1) is 8.83. The van der Waals surface area contributed by atoms with Gasteiger partial charge in [0.1, 0.15) is 6.33 Å². The Balaban J connectivity index is 2.25. The summed E-state index contributed by atoms with van der Waals surface area (Å²) in [4.78, 5) is 7.93. The molecule has 0 bridgehead atoms. The Bertz CT molecular complexity index is 398. The molecule has 0 amide bonds. The summed E-state index contributed by atoms with van der Waals surface area (Å²) in [6.45, 7) is 0.593. The molecule has 2 rings (SSSR count). The normalized spacial score (nSPS) is 10.4. The molecule has 0 aliphatic carbocycles. The molecule has 0 atom stereocenters. The van der Waals surface area contributed by atoms with Crippen molar-refractivity contribution in [2.75, 3.05) is 6.61 Å². The summed E-state index contributed by atoms with van der Waals surface area (Å²) in [5, 5.41) is 12.8. The van der Waals surface area contributed by atoms with Crippen LogP contribution in [0.4, 0.5) is 0 Å². The summed E-state index contributed by atoms with van der Waals surface area (Å²) in [6.07, 6.45) is 6.75. The molecule has 5 heteroatoms. The fourth-order valence-corrected chi connectivity index (χ4v) is 1.18. The lowest BCUT2D eigenvalue weighted by molar-refractivity contribution is 0.269. The van der Waals surface area contributed by atoms with Crippen LogP contribution < -0.4 is 0 Å². The second-order valence-corrected chi connectivity index (χ2v) is 2.81. The van der Waals surface area contributed by atoms with Gasteiger partial charge >= 0.3 is 0 Å². The number of aliphatic hydroxyl groups is 1. The van der Waals surface area contributed by atoms with Crippen molar-refractivity contribution in [2.24, 2.45) is 0 Å². The van der Waals surface area contributed by atoms with Gasteiger partial charge in [0.05, 0.1) is 25.0 Å². The van der Waals surface area contributed by atoms with Gasteiger partial charge in [0.2, 0.25) is 0 Å². The van der Waals surface area contributed by atoms with Crippen molar-refractivity contribution < 1.29 is 5.11 Å². The molecule has 0 aliphatic rings. The van der Waals surface area contributed by atoms with Gasteiger partial charge in [0.25, 0.3) is 0 Å². The van der Waals surface area contributed by atoms with Crippen molar-refractivity contribution in [1.82, 2.24) is 19.7 Å². The van der Waals surface area contributed by atoms with Crippen LogP contribution in [0, 0.1) is 0 Å². The van der Waals surface area contributed by atoms with Crippen LogP contribution in [0.3, 0.4) is 0 Å². The van der Waals surface area contributed by atoms with Gasteiger partial charge in [-0.15, -0.1) is 0 Å². The number of nitrogens with zero attached hydrogens (tertiary/aromatic N) is 4. The van der Waals surface area contributed by atoms with Crippen molar-refractivity contribution >= 4 is 0 Å². The first-order valence-corrected chi connectivity index (χ1v) is 4.30. The highest BCUT2D eigenvalue weighted by atomic mass is 16.3. The summed E-state index contributed by atoms with van der Waals surface area (Å²) in [7, 11) is 0. The monoisotopic (exact) mass is 190 g/mol. The highest BCUT2D eigenvalue weighted by Crippen LogP contribution is 2.13. The predicted octanol–water partition coefficient (Wildman–Crippen LogP) is 0.332. The van der Waals surface area contributed by atoms with E-state index in [-0.39, 0.29) is 6.61 Å². The van der Waals surface area contributed by atoms with Gasteiger partial charge in [-0.05, 0) is 6.07 Å². The Morgan fingerprint density at radius 1 is 1.43 bits per heavy atom. The molecule has 2 heterocycles. The molecule has 0 saturated carbocycles. The Morgan fingerprint density at radius 2 is 2.36 bits per heavy atom. The molecule has 1 N–H and O–H groups in total. The van der Waals surface area contributed by atoms with Crippen LogP contribution >= 0.6 is 0 Å². The molecule has 2 aromatic heterocycles. The van der Waals surface area contributed by atoms with Crippen molar-refractivity contribution in [3.8, 4) is 11.3 Å². The van der Waals surface area contributed by atoms with Crippen molar-refractivity contribution in [1.29, 1.82) is 0 Å². The Hall–Kier alpha value is -1.75. The summed E-state index contributed by atoms with van der Waals surface area (Å²) in [5.41, 5.74) is 1.77. The third-order valence-electron chi connectivity index (χ3n) is 1.84. The van der Waals surface area contributed by atoms with Crippen LogP contribution in [0.5, 0.6) is 0 Å². The van der Waals surface area contributed by atoms with E-state index in [1.807, 2.05) is 12.3 Å². The second-order valence-electron chi connectivity index (χ2n) is 2.81. The van der Waals surface area contributed by atoms with Crippen LogP contribution in [0.1, 0.15) is 0 Å². The number of hydrogen-bond donors (Lipinski definition) is 1. The number of rotatable bonds is 3. The average molecular weight is 190 g/mol. The third-order valence-corrected chi connectivity index (χ3v) is 1.84. The van der Waals surface area contributed by atoms with Gasteiger partial charge < -0.3 is 5.11 Å². The molecule has 0 saturated heterocycles. The predicted molar refractivity (Wildman–Crippen MR) is 50.3 cm³/mol. The minimum Gasteiger partial charge on any atom is -0.394 e. The summed E-state index contributed by atoms with van der Waals surface area (Å²) >= 11 is 0. The highest BCUT2D eigenvalue weighted by molar-refractivity contribution is 5.55. The van der Waals surface area contributed by atoms with E-state index in [4.69, 9.17) is 5.11 Å². The average Bonchev–Trinajstić information content (AvgIpc) is 2.68. The van der Waals surface area contributed by atoms with E-state index in [2.05, 4.69) is 15.1 Å². The van der Waals surface area contributed by atoms with E-state index in [1.54, 1.807) is 17.1 Å². The maximum atomic E-state index is 8.71. The molecule has 0 aliphatic heterocycles. The molecule has 0 aromatic carbocycles. The molecule has 0 fully saturated rings.